The minimum atomic E-state index is -0.588. The first-order valence-electron chi connectivity index (χ1n) is 6.76. The molecule has 1 aliphatic rings. The summed E-state index contributed by atoms with van der Waals surface area (Å²) in [4.78, 5) is 16.0. The Hall–Kier alpha value is -2.07. The lowest BCUT2D eigenvalue weighted by Crippen LogP contribution is -2.08. The van der Waals surface area contributed by atoms with E-state index in [2.05, 4.69) is 17.1 Å². The van der Waals surface area contributed by atoms with Crippen molar-refractivity contribution >= 4 is 23.3 Å². The number of nitrogens with two attached hydrogens (primary N) is 1. The molecule has 1 aliphatic carbocycles. The summed E-state index contributed by atoms with van der Waals surface area (Å²) in [5.74, 6) is -0.588. The number of esters is 1. The zero-order valence-electron chi connectivity index (χ0n) is 11.6. The lowest BCUT2D eigenvalue weighted by Gasteiger charge is -2.09. The number of hydrogen-bond acceptors (Lipinski definition) is 4. The first-order valence-corrected chi connectivity index (χ1v) is 7.14. The standard InChI is InChI=1S/C16H15ClN2O2/c1-21-16(20)15-14(17)12(18)8-13(19-15)11-6-5-9-3-2-4-10(9)7-11/h5-8H,2-4H2,1H3,(H2,18,19). The van der Waals surface area contributed by atoms with Crippen LogP contribution in [0.4, 0.5) is 5.69 Å². The van der Waals surface area contributed by atoms with Crippen molar-refractivity contribution < 1.29 is 9.53 Å². The first-order chi connectivity index (χ1) is 10.1. The number of fused-ring (bicyclic) bond motifs is 1. The Bertz CT molecular complexity index is 728. The van der Waals surface area contributed by atoms with E-state index in [-0.39, 0.29) is 10.7 Å². The number of pyridine rings is 1. The van der Waals surface area contributed by atoms with Crippen LogP contribution in [0.2, 0.25) is 5.02 Å². The molecule has 1 aromatic heterocycles. The van der Waals surface area contributed by atoms with Crippen LogP contribution in [-0.2, 0) is 17.6 Å². The molecule has 0 saturated heterocycles. The highest BCUT2D eigenvalue weighted by Crippen LogP contribution is 2.31. The predicted octanol–water partition coefficient (Wildman–Crippen LogP) is 3.26. The van der Waals surface area contributed by atoms with Crippen molar-refractivity contribution in [2.45, 2.75) is 19.3 Å². The number of methoxy groups -OCH3 is 1. The molecule has 0 spiro atoms. The fourth-order valence-corrected chi connectivity index (χ4v) is 2.83. The Labute approximate surface area is 127 Å². The highest BCUT2D eigenvalue weighted by atomic mass is 35.5. The number of halogens is 1. The van der Waals surface area contributed by atoms with Crippen LogP contribution < -0.4 is 5.73 Å². The fraction of sp³-hybridized carbons (Fsp3) is 0.250. The minimum absolute atomic E-state index is 0.0506. The Kier molecular flexibility index (Phi) is 3.55. The largest absolute Gasteiger partial charge is 0.464 e. The maximum Gasteiger partial charge on any atom is 0.358 e. The van der Waals surface area contributed by atoms with Gasteiger partial charge in [-0.1, -0.05) is 23.7 Å². The number of benzene rings is 1. The number of hydrogen-bond donors (Lipinski definition) is 1. The summed E-state index contributed by atoms with van der Waals surface area (Å²) in [5.41, 5.74) is 10.5. The Morgan fingerprint density at radius 1 is 1.29 bits per heavy atom. The smallest absolute Gasteiger partial charge is 0.358 e. The Morgan fingerprint density at radius 3 is 2.81 bits per heavy atom. The van der Waals surface area contributed by atoms with Crippen LogP contribution in [0.5, 0.6) is 0 Å². The number of aryl methyl sites for hydroxylation is 2. The molecule has 0 aliphatic heterocycles. The molecular formula is C16H15ClN2O2. The van der Waals surface area contributed by atoms with Gasteiger partial charge in [-0.2, -0.15) is 0 Å². The molecule has 0 unspecified atom stereocenters. The fourth-order valence-electron chi connectivity index (χ4n) is 2.66. The van der Waals surface area contributed by atoms with Gasteiger partial charge in [-0.3, -0.25) is 0 Å². The third kappa shape index (κ3) is 2.47. The van der Waals surface area contributed by atoms with Crippen LogP contribution >= 0.6 is 11.6 Å². The summed E-state index contributed by atoms with van der Waals surface area (Å²) in [6.45, 7) is 0. The van der Waals surface area contributed by atoms with Gasteiger partial charge in [0, 0.05) is 5.56 Å². The first kappa shape index (κ1) is 13.9. The van der Waals surface area contributed by atoms with Crippen molar-refractivity contribution in [3.63, 3.8) is 0 Å². The number of aromatic nitrogens is 1. The summed E-state index contributed by atoms with van der Waals surface area (Å²) >= 11 is 6.03. The molecule has 3 rings (SSSR count). The molecule has 0 amide bonds. The van der Waals surface area contributed by atoms with Crippen molar-refractivity contribution in [2.24, 2.45) is 0 Å². The average Bonchev–Trinajstić information content (AvgIpc) is 2.96. The van der Waals surface area contributed by atoms with Crippen LogP contribution in [0.3, 0.4) is 0 Å². The number of rotatable bonds is 2. The summed E-state index contributed by atoms with van der Waals surface area (Å²) in [7, 11) is 1.29. The second-order valence-corrected chi connectivity index (χ2v) is 5.47. The van der Waals surface area contributed by atoms with E-state index >= 15 is 0 Å². The van der Waals surface area contributed by atoms with Gasteiger partial charge in [0.15, 0.2) is 5.69 Å². The van der Waals surface area contributed by atoms with Gasteiger partial charge < -0.3 is 10.5 Å². The van der Waals surface area contributed by atoms with Gasteiger partial charge in [-0.25, -0.2) is 9.78 Å². The molecule has 108 valence electrons. The molecule has 21 heavy (non-hydrogen) atoms. The normalized spacial score (nSPS) is 13.0. The van der Waals surface area contributed by atoms with Crippen LogP contribution in [0, 0.1) is 0 Å². The SMILES string of the molecule is COC(=O)c1nc(-c2ccc3c(c2)CCC3)cc(N)c1Cl. The van der Waals surface area contributed by atoms with Crippen molar-refractivity contribution in [3.05, 3.63) is 46.1 Å². The van der Waals surface area contributed by atoms with Crippen LogP contribution in [0.25, 0.3) is 11.3 Å². The van der Waals surface area contributed by atoms with E-state index in [0.717, 1.165) is 18.4 Å². The third-order valence-corrected chi connectivity index (χ3v) is 4.16. The maximum atomic E-state index is 11.7. The lowest BCUT2D eigenvalue weighted by molar-refractivity contribution is 0.0594. The van der Waals surface area contributed by atoms with E-state index < -0.39 is 5.97 Å². The van der Waals surface area contributed by atoms with Crippen molar-refractivity contribution in [1.82, 2.24) is 4.98 Å². The minimum Gasteiger partial charge on any atom is -0.464 e. The number of anilines is 1. The van der Waals surface area contributed by atoms with Crippen LogP contribution in [-0.4, -0.2) is 18.1 Å². The molecule has 5 heteroatoms. The summed E-state index contributed by atoms with van der Waals surface area (Å²) in [5, 5.41) is 0.131. The van der Waals surface area contributed by atoms with Gasteiger partial charge in [0.2, 0.25) is 0 Å². The van der Waals surface area contributed by atoms with E-state index in [1.807, 2.05) is 6.07 Å². The monoisotopic (exact) mass is 302 g/mol. The van der Waals surface area contributed by atoms with E-state index in [9.17, 15) is 4.79 Å². The topological polar surface area (TPSA) is 65.2 Å². The number of carbonyl (C=O) groups is 1. The highest BCUT2D eigenvalue weighted by molar-refractivity contribution is 6.35. The third-order valence-electron chi connectivity index (χ3n) is 3.76. The zero-order valence-corrected chi connectivity index (χ0v) is 12.4. The Balaban J connectivity index is 2.10. The number of carbonyl (C=O) groups excluding carboxylic acids is 1. The van der Waals surface area contributed by atoms with Gasteiger partial charge in [-0.15, -0.1) is 0 Å². The predicted molar refractivity (Wildman–Crippen MR) is 82.5 cm³/mol. The van der Waals surface area contributed by atoms with Gasteiger partial charge in [-0.05, 0) is 42.5 Å². The van der Waals surface area contributed by atoms with E-state index in [1.165, 1.54) is 24.7 Å². The summed E-state index contributed by atoms with van der Waals surface area (Å²) in [6, 6.07) is 7.91. The molecule has 0 fully saturated rings. The van der Waals surface area contributed by atoms with Crippen molar-refractivity contribution in [1.29, 1.82) is 0 Å². The second-order valence-electron chi connectivity index (χ2n) is 5.09. The van der Waals surface area contributed by atoms with Crippen LogP contribution in [0.1, 0.15) is 28.0 Å². The summed E-state index contributed by atoms with van der Waals surface area (Å²) < 4.78 is 4.70. The molecule has 0 bridgehead atoms. The highest BCUT2D eigenvalue weighted by Gasteiger charge is 2.18. The molecule has 4 nitrogen and oxygen atoms in total. The van der Waals surface area contributed by atoms with Gasteiger partial charge in [0.1, 0.15) is 0 Å². The van der Waals surface area contributed by atoms with E-state index in [4.69, 9.17) is 22.1 Å². The lowest BCUT2D eigenvalue weighted by atomic mass is 10.0. The average molecular weight is 303 g/mol. The number of nitrogens with zero attached hydrogens (tertiary/aromatic N) is 1. The molecule has 0 radical (unpaired) electrons. The number of nitrogen functional groups attached to an aromatic ring is 1. The van der Waals surface area contributed by atoms with Gasteiger partial charge in [0.25, 0.3) is 0 Å². The summed E-state index contributed by atoms with van der Waals surface area (Å²) in [6.07, 6.45) is 3.39. The molecule has 2 N–H and O–H groups in total. The molecular weight excluding hydrogens is 288 g/mol. The zero-order chi connectivity index (χ0) is 15.0. The molecule has 0 atom stereocenters. The maximum absolute atomic E-state index is 11.7. The van der Waals surface area contributed by atoms with Crippen molar-refractivity contribution in [3.8, 4) is 11.3 Å². The molecule has 2 aromatic rings. The second kappa shape index (κ2) is 5.37. The molecule has 0 saturated carbocycles. The molecule has 1 aromatic carbocycles. The van der Waals surface area contributed by atoms with Crippen LogP contribution in [0.15, 0.2) is 24.3 Å². The Morgan fingerprint density at radius 2 is 2.05 bits per heavy atom. The molecule has 1 heterocycles. The van der Waals surface area contributed by atoms with E-state index in [1.54, 1.807) is 6.07 Å². The van der Waals surface area contributed by atoms with Gasteiger partial charge >= 0.3 is 5.97 Å². The van der Waals surface area contributed by atoms with Crippen molar-refractivity contribution in [2.75, 3.05) is 12.8 Å². The quantitative estimate of drug-likeness (QED) is 0.865. The van der Waals surface area contributed by atoms with E-state index in [0.29, 0.717) is 11.4 Å². The van der Waals surface area contributed by atoms with Gasteiger partial charge in [0.05, 0.1) is 23.5 Å². The number of ether oxygens (including phenoxy) is 1.